The molecule has 1 aromatic heterocycles. The fourth-order valence-corrected chi connectivity index (χ4v) is 5.53. The summed E-state index contributed by atoms with van der Waals surface area (Å²) in [5.74, 6) is -0.0985. The lowest BCUT2D eigenvalue weighted by molar-refractivity contribution is -0.135. The maximum absolute atomic E-state index is 13.6. The molecule has 3 atom stereocenters. The van der Waals surface area contributed by atoms with E-state index in [4.69, 9.17) is 0 Å². The Hall–Kier alpha value is -3.63. The van der Waals surface area contributed by atoms with Gasteiger partial charge in [-0.15, -0.1) is 5.10 Å². The predicted octanol–water partition coefficient (Wildman–Crippen LogP) is 2.98. The molecule has 1 aliphatic carbocycles. The van der Waals surface area contributed by atoms with Crippen LogP contribution in [0, 0.1) is 5.82 Å². The molecule has 0 radical (unpaired) electrons. The highest BCUT2D eigenvalue weighted by atomic mass is 19.1. The van der Waals surface area contributed by atoms with Gasteiger partial charge >= 0.3 is 0 Å². The molecular weight excluding hydrogens is 509 g/mol. The van der Waals surface area contributed by atoms with Crippen molar-refractivity contribution in [1.82, 2.24) is 35.4 Å². The smallest absolute Gasteiger partial charge is 0.251 e. The summed E-state index contributed by atoms with van der Waals surface area (Å²) in [6.45, 7) is 2.14. The summed E-state index contributed by atoms with van der Waals surface area (Å²) < 4.78 is 14.9. The molecule has 0 bridgehead atoms. The van der Waals surface area contributed by atoms with Crippen molar-refractivity contribution in [2.24, 2.45) is 0 Å². The molecule has 2 N–H and O–H groups in total. The van der Waals surface area contributed by atoms with E-state index in [0.717, 1.165) is 43.5 Å². The summed E-state index contributed by atoms with van der Waals surface area (Å²) in [5, 5.41) is 14.4. The van der Waals surface area contributed by atoms with Crippen LogP contribution in [0.25, 0.3) is 5.69 Å². The number of hydrogen-bond acceptors (Lipinski definition) is 6. The maximum Gasteiger partial charge on any atom is 0.251 e. The van der Waals surface area contributed by atoms with E-state index in [2.05, 4.69) is 39.9 Å². The number of likely N-dealkylation sites (tertiary alicyclic amines) is 1. The van der Waals surface area contributed by atoms with Crippen molar-refractivity contribution in [2.45, 2.75) is 56.1 Å². The van der Waals surface area contributed by atoms with Crippen molar-refractivity contribution in [3.63, 3.8) is 0 Å². The lowest BCUT2D eigenvalue weighted by atomic mass is 10.0. The van der Waals surface area contributed by atoms with Gasteiger partial charge in [0.2, 0.25) is 5.91 Å². The fourth-order valence-electron chi connectivity index (χ4n) is 5.53. The van der Waals surface area contributed by atoms with Crippen LogP contribution in [0.15, 0.2) is 60.9 Å². The summed E-state index contributed by atoms with van der Waals surface area (Å²) >= 11 is 0. The van der Waals surface area contributed by atoms with Crippen molar-refractivity contribution < 1.29 is 14.0 Å². The van der Waals surface area contributed by atoms with Crippen LogP contribution >= 0.6 is 0 Å². The molecule has 0 spiro atoms. The zero-order chi connectivity index (χ0) is 28.1. The molecule has 2 amide bonds. The summed E-state index contributed by atoms with van der Waals surface area (Å²) in [5.41, 5.74) is 2.44. The Kier molecular flexibility index (Phi) is 8.86. The van der Waals surface area contributed by atoms with Crippen LogP contribution < -0.4 is 10.6 Å². The molecule has 212 valence electrons. The van der Waals surface area contributed by atoms with Gasteiger partial charge < -0.3 is 20.4 Å². The average Bonchev–Trinajstić information content (AvgIpc) is 3.53. The molecule has 2 fully saturated rings. The van der Waals surface area contributed by atoms with Crippen molar-refractivity contribution >= 4 is 11.8 Å². The molecule has 1 saturated heterocycles. The van der Waals surface area contributed by atoms with Gasteiger partial charge in [0, 0.05) is 36.7 Å². The number of aromatic nitrogens is 3. The SMILES string of the molecule is CN(C)C1CCN(C(=O)[C@H](CCCN[C@@H]2C[C@H]2c2ccc(F)cc2)NC(=O)c2ccc(-n3ccnn3)cc2)CC1. The molecule has 2 aliphatic rings. The minimum absolute atomic E-state index is 0.0135. The van der Waals surface area contributed by atoms with E-state index in [0.29, 0.717) is 43.1 Å². The van der Waals surface area contributed by atoms with Gasteiger partial charge in [-0.3, -0.25) is 9.59 Å². The highest BCUT2D eigenvalue weighted by Gasteiger charge is 2.37. The quantitative estimate of drug-likeness (QED) is 0.359. The second kappa shape index (κ2) is 12.7. The number of benzene rings is 2. The van der Waals surface area contributed by atoms with E-state index in [-0.39, 0.29) is 17.6 Å². The van der Waals surface area contributed by atoms with E-state index < -0.39 is 6.04 Å². The Morgan fingerprint density at radius 1 is 1.07 bits per heavy atom. The van der Waals surface area contributed by atoms with Gasteiger partial charge in [-0.1, -0.05) is 17.3 Å². The molecule has 2 heterocycles. The van der Waals surface area contributed by atoms with E-state index in [1.807, 2.05) is 29.2 Å². The first-order chi connectivity index (χ1) is 19.4. The van der Waals surface area contributed by atoms with Gasteiger partial charge in [0.05, 0.1) is 18.1 Å². The minimum Gasteiger partial charge on any atom is -0.341 e. The Morgan fingerprint density at radius 2 is 1.80 bits per heavy atom. The predicted molar refractivity (Wildman–Crippen MR) is 151 cm³/mol. The first-order valence-electron chi connectivity index (χ1n) is 14.1. The third kappa shape index (κ3) is 6.92. The van der Waals surface area contributed by atoms with Crippen molar-refractivity contribution in [1.29, 1.82) is 0 Å². The first kappa shape index (κ1) is 27.9. The van der Waals surface area contributed by atoms with Crippen LogP contribution in [0.3, 0.4) is 0 Å². The lowest BCUT2D eigenvalue weighted by Crippen LogP contribution is -2.52. The average molecular weight is 548 g/mol. The van der Waals surface area contributed by atoms with E-state index in [1.54, 1.807) is 29.2 Å². The molecule has 1 saturated carbocycles. The summed E-state index contributed by atoms with van der Waals surface area (Å²) in [6, 6.07) is 14.1. The minimum atomic E-state index is -0.590. The van der Waals surface area contributed by atoms with Crippen LogP contribution in [-0.2, 0) is 4.79 Å². The third-order valence-electron chi connectivity index (χ3n) is 8.09. The van der Waals surface area contributed by atoms with Gasteiger partial charge in [0.25, 0.3) is 5.91 Å². The molecule has 9 nitrogen and oxygen atoms in total. The number of hydrogen-bond donors (Lipinski definition) is 2. The number of rotatable bonds is 11. The maximum atomic E-state index is 13.6. The number of piperidine rings is 1. The van der Waals surface area contributed by atoms with Crippen molar-refractivity contribution in [2.75, 3.05) is 33.7 Å². The highest BCUT2D eigenvalue weighted by Crippen LogP contribution is 2.40. The zero-order valence-electron chi connectivity index (χ0n) is 23.2. The highest BCUT2D eigenvalue weighted by molar-refractivity contribution is 5.97. The standard InChI is InChI=1S/C30H38FN7O2/c1-36(2)24-13-17-37(18-14-24)30(40)27(4-3-15-32-28-20-26(28)21-5-9-23(31)10-6-21)34-29(39)22-7-11-25(12-8-22)38-19-16-33-35-38/h5-12,16,19,24,26-28,32H,3-4,13-15,17-18,20H2,1-2H3,(H,34,39)/t26-,27-,28+/m0/s1. The van der Waals surface area contributed by atoms with E-state index >= 15 is 0 Å². The second-order valence-electron chi connectivity index (χ2n) is 11.0. The largest absolute Gasteiger partial charge is 0.341 e. The molecule has 40 heavy (non-hydrogen) atoms. The lowest BCUT2D eigenvalue weighted by Gasteiger charge is -2.37. The molecule has 0 unspecified atom stereocenters. The number of amides is 2. The van der Waals surface area contributed by atoms with Crippen LogP contribution in [0.1, 0.15) is 53.9 Å². The van der Waals surface area contributed by atoms with Crippen LogP contribution in [-0.4, -0.2) is 88.5 Å². The molecule has 1 aliphatic heterocycles. The van der Waals surface area contributed by atoms with Crippen LogP contribution in [0.2, 0.25) is 0 Å². The Bertz CT molecular complexity index is 1260. The van der Waals surface area contributed by atoms with Crippen molar-refractivity contribution in [3.8, 4) is 5.69 Å². The van der Waals surface area contributed by atoms with E-state index in [9.17, 15) is 14.0 Å². The molecule has 3 aromatic rings. The number of halogens is 1. The van der Waals surface area contributed by atoms with Gasteiger partial charge in [0.15, 0.2) is 0 Å². The first-order valence-corrected chi connectivity index (χ1v) is 14.1. The molecule has 10 heteroatoms. The van der Waals surface area contributed by atoms with Gasteiger partial charge in [0.1, 0.15) is 11.9 Å². The Morgan fingerprint density at radius 3 is 2.45 bits per heavy atom. The molecule has 2 aromatic carbocycles. The summed E-state index contributed by atoms with van der Waals surface area (Å²) in [6.07, 6.45) is 7.52. The van der Waals surface area contributed by atoms with Gasteiger partial charge in [-0.25, -0.2) is 9.07 Å². The molecule has 5 rings (SSSR count). The van der Waals surface area contributed by atoms with Crippen molar-refractivity contribution in [3.05, 3.63) is 77.9 Å². The monoisotopic (exact) mass is 547 g/mol. The third-order valence-corrected chi connectivity index (χ3v) is 8.09. The second-order valence-corrected chi connectivity index (χ2v) is 11.0. The Balaban J connectivity index is 1.17. The van der Waals surface area contributed by atoms with Crippen LogP contribution in [0.4, 0.5) is 4.39 Å². The summed E-state index contributed by atoms with van der Waals surface area (Å²) in [4.78, 5) is 30.9. The number of carbonyl (C=O) groups excluding carboxylic acids is 2. The zero-order valence-corrected chi connectivity index (χ0v) is 23.2. The fraction of sp³-hybridized carbons (Fsp3) is 0.467. The number of nitrogens with zero attached hydrogens (tertiary/aromatic N) is 5. The summed E-state index contributed by atoms with van der Waals surface area (Å²) in [7, 11) is 4.15. The van der Waals surface area contributed by atoms with E-state index in [1.165, 1.54) is 12.1 Å². The normalized spacial score (nSPS) is 19.9. The Labute approximate surface area is 234 Å². The number of nitrogens with one attached hydrogen (secondary N) is 2. The number of carbonyl (C=O) groups is 2. The van der Waals surface area contributed by atoms with Gasteiger partial charge in [-0.2, -0.15) is 0 Å². The molecular formula is C30H38FN7O2. The van der Waals surface area contributed by atoms with Gasteiger partial charge in [-0.05, 0) is 94.7 Å². The van der Waals surface area contributed by atoms with Crippen LogP contribution in [0.5, 0.6) is 0 Å². The topological polar surface area (TPSA) is 95.4 Å².